The Labute approximate surface area is 67.5 Å². The second-order valence-electron chi connectivity index (χ2n) is 1.95. The van der Waals surface area contributed by atoms with E-state index in [9.17, 15) is 4.48 Å². The van der Waals surface area contributed by atoms with Crippen molar-refractivity contribution in [2.45, 2.75) is 0 Å². The van der Waals surface area contributed by atoms with Crippen LogP contribution in [0, 0.1) is 0 Å². The number of anilines is 1. The maximum absolute atomic E-state index is 12.4. The Morgan fingerprint density at radius 2 is 1.80 bits per heavy atom. The number of rotatable bonds is 1. The Kier molecular flexibility index (Phi) is 2.27. The molecule has 0 aliphatic heterocycles. The Bertz CT molecular complexity index is 207. The van der Waals surface area contributed by atoms with Gasteiger partial charge in [0.1, 0.15) is 0 Å². The van der Waals surface area contributed by atoms with E-state index in [1.165, 1.54) is 7.05 Å². The van der Waals surface area contributed by atoms with E-state index in [1.54, 1.807) is 24.3 Å². The van der Waals surface area contributed by atoms with Gasteiger partial charge in [0.2, 0.25) is 0 Å². The van der Waals surface area contributed by atoms with Gasteiger partial charge in [-0.3, -0.25) is 0 Å². The van der Waals surface area contributed by atoms with Crippen LogP contribution in [0.1, 0.15) is 0 Å². The van der Waals surface area contributed by atoms with Gasteiger partial charge >= 0.3 is 0 Å². The molecule has 1 nitrogen and oxygen atoms in total. The zero-order valence-electron chi connectivity index (χ0n) is 5.51. The summed E-state index contributed by atoms with van der Waals surface area (Å²) < 4.78 is 13.3. The third kappa shape index (κ3) is 1.70. The minimum absolute atomic E-state index is 0.559. The predicted molar refractivity (Wildman–Crippen MR) is 43.7 cm³/mol. The smallest absolute Gasteiger partial charge is 0.0685 e. The second kappa shape index (κ2) is 3.01. The summed E-state index contributed by atoms with van der Waals surface area (Å²) in [6.45, 7) is 0. The van der Waals surface area contributed by atoms with Crippen LogP contribution in [0.2, 0.25) is 0 Å². The van der Waals surface area contributed by atoms with Crippen LogP contribution in [0.3, 0.4) is 0 Å². The maximum atomic E-state index is 12.4. The zero-order chi connectivity index (χ0) is 7.56. The molecular formula is C7H7BrFN. The highest BCUT2D eigenvalue weighted by Crippen LogP contribution is 2.16. The third-order valence-electron chi connectivity index (χ3n) is 1.18. The van der Waals surface area contributed by atoms with Crippen molar-refractivity contribution in [3.63, 3.8) is 0 Å². The van der Waals surface area contributed by atoms with E-state index in [2.05, 4.69) is 15.9 Å². The summed E-state index contributed by atoms with van der Waals surface area (Å²) in [6.07, 6.45) is 0. The number of nitrogens with zero attached hydrogens (tertiary/aromatic N) is 1. The van der Waals surface area contributed by atoms with Gasteiger partial charge in [-0.15, -0.1) is 4.48 Å². The van der Waals surface area contributed by atoms with Gasteiger partial charge in [0.25, 0.3) is 0 Å². The van der Waals surface area contributed by atoms with Crippen LogP contribution in [0.4, 0.5) is 10.2 Å². The van der Waals surface area contributed by atoms with E-state index in [0.717, 1.165) is 4.47 Å². The van der Waals surface area contributed by atoms with E-state index in [4.69, 9.17) is 0 Å². The molecule has 0 aliphatic rings. The average molecular weight is 204 g/mol. The van der Waals surface area contributed by atoms with Crippen molar-refractivity contribution in [2.24, 2.45) is 0 Å². The first kappa shape index (κ1) is 7.54. The topological polar surface area (TPSA) is 3.24 Å². The molecule has 0 saturated carbocycles. The molecule has 0 atom stereocenters. The van der Waals surface area contributed by atoms with Crippen LogP contribution < -0.4 is 5.12 Å². The zero-order valence-corrected chi connectivity index (χ0v) is 7.10. The van der Waals surface area contributed by atoms with E-state index >= 15 is 0 Å². The molecule has 1 aromatic rings. The van der Waals surface area contributed by atoms with E-state index in [0.29, 0.717) is 10.8 Å². The molecule has 1 rings (SSSR count). The fourth-order valence-corrected chi connectivity index (χ4v) is 0.911. The van der Waals surface area contributed by atoms with Crippen LogP contribution in [-0.4, -0.2) is 7.05 Å². The summed E-state index contributed by atoms with van der Waals surface area (Å²) in [7, 11) is 1.36. The van der Waals surface area contributed by atoms with Crippen molar-refractivity contribution in [1.82, 2.24) is 0 Å². The molecular weight excluding hydrogens is 197 g/mol. The monoisotopic (exact) mass is 203 g/mol. The molecule has 0 amide bonds. The summed E-state index contributed by atoms with van der Waals surface area (Å²) in [5, 5.41) is 0.576. The molecule has 10 heavy (non-hydrogen) atoms. The summed E-state index contributed by atoms with van der Waals surface area (Å²) in [4.78, 5) is 0. The van der Waals surface area contributed by atoms with Crippen molar-refractivity contribution in [1.29, 1.82) is 0 Å². The quantitative estimate of drug-likeness (QED) is 0.635. The van der Waals surface area contributed by atoms with Gasteiger partial charge in [-0.25, -0.2) is 5.12 Å². The number of benzene rings is 1. The normalized spacial score (nSPS) is 9.50. The molecule has 1 aromatic carbocycles. The molecule has 0 aromatic heterocycles. The van der Waals surface area contributed by atoms with Crippen LogP contribution in [0.5, 0.6) is 0 Å². The maximum Gasteiger partial charge on any atom is 0.0685 e. The molecule has 0 saturated heterocycles. The summed E-state index contributed by atoms with van der Waals surface area (Å²) in [5.74, 6) is 0. The van der Waals surface area contributed by atoms with E-state index < -0.39 is 0 Å². The van der Waals surface area contributed by atoms with Crippen molar-refractivity contribution >= 4 is 21.6 Å². The largest absolute Gasteiger partial charge is 0.215 e. The third-order valence-corrected chi connectivity index (χ3v) is 1.71. The molecule has 3 heteroatoms. The molecule has 0 heterocycles. The lowest BCUT2D eigenvalue weighted by Gasteiger charge is -2.05. The highest BCUT2D eigenvalue weighted by molar-refractivity contribution is 9.10. The summed E-state index contributed by atoms with van der Waals surface area (Å²) >= 11 is 3.25. The first-order chi connectivity index (χ1) is 4.70. The Morgan fingerprint density at radius 1 is 1.30 bits per heavy atom. The van der Waals surface area contributed by atoms with Crippen LogP contribution in [0.25, 0.3) is 0 Å². The molecule has 0 spiro atoms. The van der Waals surface area contributed by atoms with Crippen molar-refractivity contribution < 1.29 is 4.48 Å². The SMILES string of the molecule is CN(F)c1ccc(Br)cc1. The van der Waals surface area contributed by atoms with Gasteiger partial charge in [0.15, 0.2) is 0 Å². The number of hydrogen-bond donors (Lipinski definition) is 0. The molecule has 0 N–H and O–H groups in total. The molecule has 54 valence electrons. The van der Waals surface area contributed by atoms with Crippen molar-refractivity contribution in [2.75, 3.05) is 12.2 Å². The van der Waals surface area contributed by atoms with Crippen molar-refractivity contribution in [3.05, 3.63) is 28.7 Å². The molecule has 0 unspecified atom stereocenters. The minimum Gasteiger partial charge on any atom is -0.215 e. The standard InChI is InChI=1S/C7H7BrFN/c1-10(9)7-4-2-6(8)3-5-7/h2-5H,1H3. The first-order valence-corrected chi connectivity index (χ1v) is 3.64. The lowest BCUT2D eigenvalue weighted by molar-refractivity contribution is 0.476. The van der Waals surface area contributed by atoms with Crippen LogP contribution in [0.15, 0.2) is 28.7 Å². The van der Waals surface area contributed by atoms with E-state index in [-0.39, 0.29) is 0 Å². The minimum atomic E-state index is 0.559. The average Bonchev–Trinajstić information content (AvgIpc) is 1.88. The van der Waals surface area contributed by atoms with Gasteiger partial charge in [0, 0.05) is 11.5 Å². The van der Waals surface area contributed by atoms with Gasteiger partial charge in [-0.05, 0) is 24.3 Å². The Morgan fingerprint density at radius 3 is 2.20 bits per heavy atom. The molecule has 0 radical (unpaired) electrons. The number of halogens is 2. The Balaban J connectivity index is 2.89. The van der Waals surface area contributed by atoms with Gasteiger partial charge in [0.05, 0.1) is 5.69 Å². The predicted octanol–water partition coefficient (Wildman–Crippen LogP) is 2.77. The second-order valence-corrected chi connectivity index (χ2v) is 2.87. The van der Waals surface area contributed by atoms with Crippen LogP contribution in [-0.2, 0) is 0 Å². The summed E-state index contributed by atoms with van der Waals surface area (Å²) in [5.41, 5.74) is 0.559. The van der Waals surface area contributed by atoms with Gasteiger partial charge < -0.3 is 0 Å². The fraction of sp³-hybridized carbons (Fsp3) is 0.143. The number of hydrogen-bond acceptors (Lipinski definition) is 1. The Hall–Kier alpha value is -0.570. The van der Waals surface area contributed by atoms with Crippen LogP contribution >= 0.6 is 15.9 Å². The van der Waals surface area contributed by atoms with Gasteiger partial charge in [-0.2, -0.15) is 0 Å². The summed E-state index contributed by atoms with van der Waals surface area (Å²) in [6, 6.07) is 6.99. The molecule has 0 bridgehead atoms. The molecule has 0 fully saturated rings. The highest BCUT2D eigenvalue weighted by atomic mass is 79.9. The molecule has 0 aliphatic carbocycles. The first-order valence-electron chi connectivity index (χ1n) is 2.85. The lowest BCUT2D eigenvalue weighted by Crippen LogP contribution is -2.01. The lowest BCUT2D eigenvalue weighted by atomic mass is 10.3. The van der Waals surface area contributed by atoms with Crippen molar-refractivity contribution in [3.8, 4) is 0 Å². The fourth-order valence-electron chi connectivity index (χ4n) is 0.647. The highest BCUT2D eigenvalue weighted by Gasteiger charge is 1.95. The van der Waals surface area contributed by atoms with E-state index in [1.807, 2.05) is 0 Å². The van der Waals surface area contributed by atoms with Gasteiger partial charge in [-0.1, -0.05) is 15.9 Å².